The van der Waals surface area contributed by atoms with Gasteiger partial charge in [-0.25, -0.2) is 25.4 Å². The zero-order chi connectivity index (χ0) is 18.2. The normalized spacial score (nSPS) is 24.8. The Kier molecular flexibility index (Phi) is 5.25. The third-order valence-corrected chi connectivity index (χ3v) is 8.52. The zero-order valence-corrected chi connectivity index (χ0v) is 16.3. The van der Waals surface area contributed by atoms with Gasteiger partial charge in [-0.3, -0.25) is 4.68 Å². The highest BCUT2D eigenvalue weighted by Crippen LogP contribution is 2.30. The minimum Gasteiger partial charge on any atom is -0.276 e. The van der Waals surface area contributed by atoms with Crippen LogP contribution in [0.2, 0.25) is 0 Å². The Balaban J connectivity index is 1.55. The zero-order valence-electron chi connectivity index (χ0n) is 14.7. The van der Waals surface area contributed by atoms with Gasteiger partial charge in [0.1, 0.15) is 0 Å². The number of aryl methyl sites for hydroxylation is 1. The van der Waals surface area contributed by atoms with Gasteiger partial charge in [0.25, 0.3) is 0 Å². The summed E-state index contributed by atoms with van der Waals surface area (Å²) in [5, 5.41) is 4.19. The van der Waals surface area contributed by atoms with Crippen molar-refractivity contribution in [2.24, 2.45) is 13.0 Å². The summed E-state index contributed by atoms with van der Waals surface area (Å²) in [5.41, 5.74) is 1.17. The fourth-order valence-corrected chi connectivity index (χ4v) is 6.52. The summed E-state index contributed by atoms with van der Waals surface area (Å²) < 4.78 is 53.2. The van der Waals surface area contributed by atoms with Crippen LogP contribution in [0.3, 0.4) is 0 Å². The van der Waals surface area contributed by atoms with Crippen LogP contribution in [0.4, 0.5) is 0 Å². The molecule has 0 aromatic carbocycles. The molecule has 3 rings (SSSR count). The second-order valence-corrected chi connectivity index (χ2v) is 11.2. The number of hydrogen-bond acceptors (Lipinski definition) is 5. The molecule has 8 nitrogen and oxygen atoms in total. The molecule has 142 valence electrons. The molecule has 0 spiro atoms. The first kappa shape index (κ1) is 18.8. The molecule has 1 aromatic rings. The summed E-state index contributed by atoms with van der Waals surface area (Å²) in [6, 6.07) is 0. The highest BCUT2D eigenvalue weighted by molar-refractivity contribution is 7.89. The minimum absolute atomic E-state index is 0.0383. The summed E-state index contributed by atoms with van der Waals surface area (Å²) in [6.07, 6.45) is 7.22. The first-order valence-electron chi connectivity index (χ1n) is 8.56. The molecule has 10 heteroatoms. The number of hydrogen-bond donors (Lipinski definition) is 0. The van der Waals surface area contributed by atoms with Crippen molar-refractivity contribution < 1.29 is 16.8 Å². The van der Waals surface area contributed by atoms with Crippen molar-refractivity contribution in [3.05, 3.63) is 18.0 Å². The third kappa shape index (κ3) is 4.42. The first-order valence-corrected chi connectivity index (χ1v) is 12.0. The molecule has 1 unspecified atom stereocenters. The number of aromatic nitrogens is 2. The fraction of sp³-hybridized carbons (Fsp3) is 0.800. The average molecular weight is 391 g/mol. The molecule has 25 heavy (non-hydrogen) atoms. The van der Waals surface area contributed by atoms with Crippen LogP contribution in [0.5, 0.6) is 0 Å². The topological polar surface area (TPSA) is 92.6 Å². The van der Waals surface area contributed by atoms with Gasteiger partial charge in [-0.1, -0.05) is 0 Å². The lowest BCUT2D eigenvalue weighted by Gasteiger charge is -2.31. The molecule has 2 saturated heterocycles. The fourth-order valence-electron chi connectivity index (χ4n) is 3.76. The quantitative estimate of drug-likeness (QED) is 0.717. The van der Waals surface area contributed by atoms with Crippen LogP contribution < -0.4 is 0 Å². The van der Waals surface area contributed by atoms with Crippen molar-refractivity contribution in [2.75, 3.05) is 38.2 Å². The Morgan fingerprint density at radius 3 is 2.24 bits per heavy atom. The molecule has 0 bridgehead atoms. The van der Waals surface area contributed by atoms with Gasteiger partial charge in [-0.05, 0) is 36.7 Å². The Morgan fingerprint density at radius 2 is 1.72 bits per heavy atom. The molecule has 2 aliphatic rings. The number of nitrogens with zero attached hydrogens (tertiary/aromatic N) is 4. The van der Waals surface area contributed by atoms with Crippen molar-refractivity contribution in [1.29, 1.82) is 0 Å². The van der Waals surface area contributed by atoms with Crippen LogP contribution in [0.1, 0.15) is 30.7 Å². The average Bonchev–Trinajstić information content (AvgIpc) is 3.16. The Bertz CT molecular complexity index is 810. The van der Waals surface area contributed by atoms with Crippen LogP contribution in [-0.2, 0) is 27.1 Å². The summed E-state index contributed by atoms with van der Waals surface area (Å²) in [5.74, 6) is 0.277. The molecule has 0 radical (unpaired) electrons. The molecule has 1 aromatic heterocycles. The van der Waals surface area contributed by atoms with E-state index < -0.39 is 20.0 Å². The van der Waals surface area contributed by atoms with Crippen LogP contribution in [0, 0.1) is 5.92 Å². The largest absolute Gasteiger partial charge is 0.276 e. The maximum atomic E-state index is 12.7. The van der Waals surface area contributed by atoms with E-state index in [4.69, 9.17) is 0 Å². The number of rotatable bonds is 5. The van der Waals surface area contributed by atoms with E-state index in [1.807, 2.05) is 19.4 Å². The molecule has 1 atom stereocenters. The summed E-state index contributed by atoms with van der Waals surface area (Å²) in [6.45, 7) is 1.77. The van der Waals surface area contributed by atoms with Gasteiger partial charge in [-0.15, -0.1) is 0 Å². The highest BCUT2D eigenvalue weighted by atomic mass is 32.2. The van der Waals surface area contributed by atoms with E-state index in [0.29, 0.717) is 38.5 Å². The lowest BCUT2D eigenvalue weighted by Crippen LogP contribution is -2.41. The SMILES string of the molecule is Cn1cc(C2CCN(S(=O)(=O)CC3CCN(S(C)(=O)=O)C3)CC2)cn1. The second-order valence-electron chi connectivity index (χ2n) is 7.17. The van der Waals surface area contributed by atoms with Gasteiger partial charge in [0.2, 0.25) is 20.0 Å². The van der Waals surface area contributed by atoms with E-state index in [1.165, 1.54) is 16.1 Å². The van der Waals surface area contributed by atoms with Gasteiger partial charge >= 0.3 is 0 Å². The predicted octanol–water partition coefficient (Wildman–Crippen LogP) is 0.211. The first-order chi connectivity index (χ1) is 11.6. The molecular weight excluding hydrogens is 364 g/mol. The summed E-state index contributed by atoms with van der Waals surface area (Å²) >= 11 is 0. The monoisotopic (exact) mass is 390 g/mol. The predicted molar refractivity (Wildman–Crippen MR) is 95.1 cm³/mol. The van der Waals surface area contributed by atoms with Crippen LogP contribution in [0.15, 0.2) is 12.4 Å². The smallest absolute Gasteiger partial charge is 0.214 e. The van der Waals surface area contributed by atoms with Crippen molar-refractivity contribution in [1.82, 2.24) is 18.4 Å². The maximum Gasteiger partial charge on any atom is 0.214 e. The summed E-state index contributed by atoms with van der Waals surface area (Å²) in [7, 11) is -4.70. The lowest BCUT2D eigenvalue weighted by atomic mass is 9.93. The van der Waals surface area contributed by atoms with E-state index in [0.717, 1.165) is 12.8 Å². The standard InChI is InChI=1S/C15H26N4O4S2/c1-17-11-15(9-16-17)14-4-7-18(8-5-14)25(22,23)12-13-3-6-19(10-13)24(2,20)21/h9,11,13-14H,3-8,10,12H2,1-2H3. The molecule has 0 amide bonds. The Hall–Kier alpha value is -0.970. The molecule has 2 fully saturated rings. The highest BCUT2D eigenvalue weighted by Gasteiger charge is 2.35. The molecule has 0 saturated carbocycles. The molecule has 2 aliphatic heterocycles. The Labute approximate surface area is 149 Å². The van der Waals surface area contributed by atoms with Crippen molar-refractivity contribution in [3.63, 3.8) is 0 Å². The van der Waals surface area contributed by atoms with Gasteiger partial charge in [0.05, 0.1) is 18.2 Å². The van der Waals surface area contributed by atoms with Crippen LogP contribution in [-0.4, -0.2) is 73.4 Å². The maximum absolute atomic E-state index is 12.7. The Morgan fingerprint density at radius 1 is 1.08 bits per heavy atom. The number of piperidine rings is 1. The molecule has 3 heterocycles. The van der Waals surface area contributed by atoms with Gasteiger partial charge < -0.3 is 0 Å². The van der Waals surface area contributed by atoms with E-state index in [-0.39, 0.29) is 11.7 Å². The second kappa shape index (κ2) is 6.98. The van der Waals surface area contributed by atoms with Crippen molar-refractivity contribution >= 4 is 20.0 Å². The number of sulfonamides is 2. The third-order valence-electron chi connectivity index (χ3n) is 5.21. The van der Waals surface area contributed by atoms with Crippen molar-refractivity contribution in [3.8, 4) is 0 Å². The van der Waals surface area contributed by atoms with E-state index in [1.54, 1.807) is 8.99 Å². The minimum atomic E-state index is -3.35. The molecular formula is C15H26N4O4S2. The van der Waals surface area contributed by atoms with Gasteiger partial charge in [0.15, 0.2) is 0 Å². The molecule has 0 aliphatic carbocycles. The van der Waals surface area contributed by atoms with Crippen LogP contribution >= 0.6 is 0 Å². The van der Waals surface area contributed by atoms with Gasteiger partial charge in [-0.2, -0.15) is 5.10 Å². The van der Waals surface area contributed by atoms with Gasteiger partial charge in [0, 0.05) is 39.4 Å². The van der Waals surface area contributed by atoms with E-state index in [2.05, 4.69) is 5.10 Å². The lowest BCUT2D eigenvalue weighted by molar-refractivity contribution is 0.317. The molecule has 0 N–H and O–H groups in total. The van der Waals surface area contributed by atoms with E-state index >= 15 is 0 Å². The van der Waals surface area contributed by atoms with Crippen molar-refractivity contribution in [2.45, 2.75) is 25.2 Å². The van der Waals surface area contributed by atoms with E-state index in [9.17, 15) is 16.8 Å². The summed E-state index contributed by atoms with van der Waals surface area (Å²) in [4.78, 5) is 0. The van der Waals surface area contributed by atoms with Crippen LogP contribution in [0.25, 0.3) is 0 Å².